The molecule has 1 aromatic rings. The normalized spacial score (nSPS) is 17.7. The number of rotatable bonds is 9. The van der Waals surface area contributed by atoms with Crippen molar-refractivity contribution in [3.8, 4) is 0 Å². The summed E-state index contributed by atoms with van der Waals surface area (Å²) in [5, 5.41) is 27.5. The van der Waals surface area contributed by atoms with Gasteiger partial charge >= 0.3 is 17.9 Å². The summed E-state index contributed by atoms with van der Waals surface area (Å²) in [7, 11) is 0. The minimum absolute atomic E-state index is 0.101. The summed E-state index contributed by atoms with van der Waals surface area (Å²) < 4.78 is 13.5. The molecule has 0 amide bonds. The fourth-order valence-electron chi connectivity index (χ4n) is 3.39. The van der Waals surface area contributed by atoms with E-state index in [0.717, 1.165) is 0 Å². The molecule has 0 bridgehead atoms. The Morgan fingerprint density at radius 2 is 1.42 bits per heavy atom. The van der Waals surface area contributed by atoms with E-state index in [4.69, 9.17) is 5.11 Å². The van der Waals surface area contributed by atoms with E-state index in [-0.39, 0.29) is 26.1 Å². The van der Waals surface area contributed by atoms with Crippen LogP contribution in [0.3, 0.4) is 0 Å². The molecular weight excluding hydrogens is 437 g/mol. The van der Waals surface area contributed by atoms with E-state index in [1.54, 1.807) is 39.2 Å². The highest BCUT2D eigenvalue weighted by Gasteiger charge is 2.17. The number of hydrogen-bond donors (Lipinski definition) is 3. The molecule has 1 aliphatic rings. The van der Waals surface area contributed by atoms with Crippen molar-refractivity contribution in [3.05, 3.63) is 42.2 Å². The predicted octanol–water partition coefficient (Wildman–Crippen LogP) is 0.0574. The number of hydrogen-bond acceptors (Lipinski definition) is 8. The molecular formula is C21H30FN5O6. The van der Waals surface area contributed by atoms with Crippen molar-refractivity contribution in [1.29, 1.82) is 0 Å². The molecule has 0 saturated heterocycles. The molecule has 12 heteroatoms. The number of aliphatic carboxylic acids is 3. The Kier molecular flexibility index (Phi) is 10.5. The zero-order valence-corrected chi connectivity index (χ0v) is 18.3. The Bertz CT molecular complexity index is 839. The van der Waals surface area contributed by atoms with E-state index < -0.39 is 23.9 Å². The van der Waals surface area contributed by atoms with E-state index >= 15 is 0 Å². The zero-order chi connectivity index (χ0) is 24.2. The lowest BCUT2D eigenvalue weighted by Crippen LogP contribution is -2.44. The van der Waals surface area contributed by atoms with Gasteiger partial charge in [-0.05, 0) is 12.1 Å². The van der Waals surface area contributed by atoms with Gasteiger partial charge in [0.15, 0.2) is 0 Å². The van der Waals surface area contributed by atoms with Crippen LogP contribution < -0.4 is 0 Å². The highest BCUT2D eigenvalue weighted by atomic mass is 19.1. The second kappa shape index (κ2) is 13.3. The molecule has 0 unspecified atom stereocenters. The predicted molar refractivity (Wildman–Crippen MR) is 116 cm³/mol. The van der Waals surface area contributed by atoms with Crippen LogP contribution in [0, 0.1) is 5.95 Å². The average molecular weight is 467 g/mol. The van der Waals surface area contributed by atoms with Gasteiger partial charge in [-0.15, -0.1) is 0 Å². The van der Waals surface area contributed by atoms with Crippen LogP contribution in [0.15, 0.2) is 30.6 Å². The number of nitrogens with zero attached hydrogens (tertiary/aromatic N) is 5. The molecule has 0 atom stereocenters. The molecule has 3 N–H and O–H groups in total. The Labute approximate surface area is 191 Å². The van der Waals surface area contributed by atoms with E-state index in [1.807, 2.05) is 4.90 Å². The van der Waals surface area contributed by atoms with Gasteiger partial charge in [0.25, 0.3) is 0 Å². The molecule has 11 nitrogen and oxygen atoms in total. The maximum absolute atomic E-state index is 13.5. The maximum atomic E-state index is 13.5. The molecule has 2 rings (SSSR count). The monoisotopic (exact) mass is 467 g/mol. The highest BCUT2D eigenvalue weighted by Crippen LogP contribution is 2.07. The first-order valence-corrected chi connectivity index (χ1v) is 10.6. The minimum atomic E-state index is -1.00. The number of carbonyl (C=O) groups is 3. The molecule has 33 heavy (non-hydrogen) atoms. The minimum Gasteiger partial charge on any atom is -0.481 e. The molecule has 0 aromatic carbocycles. The first-order chi connectivity index (χ1) is 15.7. The third-order valence-corrected chi connectivity index (χ3v) is 5.10. The first-order valence-electron chi connectivity index (χ1n) is 10.6. The van der Waals surface area contributed by atoms with Gasteiger partial charge in [0.2, 0.25) is 5.95 Å². The SMILES string of the molecule is O=C(O)CCN1/C=C\N(CC(=O)O)CCN(Cc2cccc(F)n2)CCN(CC(=O)O)CC1. The van der Waals surface area contributed by atoms with Crippen LogP contribution in [-0.4, -0.2) is 117 Å². The molecule has 2 heterocycles. The Morgan fingerprint density at radius 3 is 2.09 bits per heavy atom. The van der Waals surface area contributed by atoms with Crippen LogP contribution in [0.4, 0.5) is 4.39 Å². The average Bonchev–Trinajstić information content (AvgIpc) is 2.72. The number of pyridine rings is 1. The van der Waals surface area contributed by atoms with Crippen LogP contribution in [-0.2, 0) is 20.9 Å². The topological polar surface area (TPSA) is 138 Å². The molecule has 0 fully saturated rings. The summed E-state index contributed by atoms with van der Waals surface area (Å²) in [6.45, 7) is 2.55. The van der Waals surface area contributed by atoms with Gasteiger partial charge in [0.05, 0.1) is 18.7 Å². The van der Waals surface area contributed by atoms with Crippen LogP contribution in [0.25, 0.3) is 0 Å². The Balaban J connectivity index is 2.21. The largest absolute Gasteiger partial charge is 0.481 e. The van der Waals surface area contributed by atoms with Gasteiger partial charge in [0, 0.05) is 64.8 Å². The van der Waals surface area contributed by atoms with Crippen LogP contribution in [0.2, 0.25) is 0 Å². The van der Waals surface area contributed by atoms with Gasteiger partial charge in [-0.1, -0.05) is 6.07 Å². The van der Waals surface area contributed by atoms with Crippen molar-refractivity contribution in [2.45, 2.75) is 13.0 Å². The second-order valence-corrected chi connectivity index (χ2v) is 7.74. The van der Waals surface area contributed by atoms with Crippen molar-refractivity contribution in [1.82, 2.24) is 24.6 Å². The number of carboxylic acids is 3. The molecule has 1 aliphatic heterocycles. The smallest absolute Gasteiger partial charge is 0.323 e. The fraction of sp³-hybridized carbons (Fsp3) is 0.524. The Morgan fingerprint density at radius 1 is 0.818 bits per heavy atom. The van der Waals surface area contributed by atoms with Crippen molar-refractivity contribution in [2.24, 2.45) is 0 Å². The van der Waals surface area contributed by atoms with E-state index in [1.165, 1.54) is 6.07 Å². The third kappa shape index (κ3) is 10.7. The van der Waals surface area contributed by atoms with E-state index in [2.05, 4.69) is 4.98 Å². The number of halogens is 1. The second-order valence-electron chi connectivity index (χ2n) is 7.74. The van der Waals surface area contributed by atoms with Crippen molar-refractivity contribution >= 4 is 17.9 Å². The summed E-state index contributed by atoms with van der Waals surface area (Å²) in [4.78, 5) is 44.6. The summed E-state index contributed by atoms with van der Waals surface area (Å²) >= 11 is 0. The summed E-state index contributed by atoms with van der Waals surface area (Å²) in [6.07, 6.45) is 3.15. The van der Waals surface area contributed by atoms with Gasteiger partial charge in [0.1, 0.15) is 6.54 Å². The van der Waals surface area contributed by atoms with Gasteiger partial charge < -0.3 is 25.1 Å². The lowest BCUT2D eigenvalue weighted by Gasteiger charge is -2.31. The summed E-state index contributed by atoms with van der Waals surface area (Å²) in [5.74, 6) is -3.53. The van der Waals surface area contributed by atoms with E-state index in [0.29, 0.717) is 51.5 Å². The van der Waals surface area contributed by atoms with Crippen molar-refractivity contribution < 1.29 is 34.1 Å². The van der Waals surface area contributed by atoms with Gasteiger partial charge in [-0.3, -0.25) is 24.2 Å². The van der Waals surface area contributed by atoms with Crippen LogP contribution in [0.1, 0.15) is 12.1 Å². The van der Waals surface area contributed by atoms with Crippen molar-refractivity contribution in [3.63, 3.8) is 0 Å². The lowest BCUT2D eigenvalue weighted by molar-refractivity contribution is -0.139. The Hall–Kier alpha value is -3.25. The lowest BCUT2D eigenvalue weighted by atomic mass is 10.3. The van der Waals surface area contributed by atoms with E-state index in [9.17, 15) is 29.0 Å². The third-order valence-electron chi connectivity index (χ3n) is 5.10. The maximum Gasteiger partial charge on any atom is 0.323 e. The highest BCUT2D eigenvalue weighted by molar-refractivity contribution is 5.69. The van der Waals surface area contributed by atoms with Crippen LogP contribution in [0.5, 0.6) is 0 Å². The van der Waals surface area contributed by atoms with Crippen LogP contribution >= 0.6 is 0 Å². The molecule has 0 aliphatic carbocycles. The number of carboxylic acid groups (broad SMARTS) is 3. The fourth-order valence-corrected chi connectivity index (χ4v) is 3.39. The molecule has 0 spiro atoms. The first kappa shape index (κ1) is 26.0. The summed E-state index contributed by atoms with van der Waals surface area (Å²) in [5.41, 5.74) is 0.520. The molecule has 0 saturated carbocycles. The van der Waals surface area contributed by atoms with Gasteiger partial charge in [-0.2, -0.15) is 4.39 Å². The zero-order valence-electron chi connectivity index (χ0n) is 18.3. The molecule has 182 valence electrons. The quantitative estimate of drug-likeness (QED) is 0.425. The molecule has 1 aromatic heterocycles. The molecule has 0 radical (unpaired) electrons. The van der Waals surface area contributed by atoms with Gasteiger partial charge in [-0.25, -0.2) is 4.98 Å². The number of aromatic nitrogens is 1. The standard InChI is InChI=1S/C21H30FN5O6/c22-18-3-1-2-17(23-18)14-25-10-12-26(15-20(30)31)8-6-24(5-4-19(28)29)7-9-27(13-11-25)16-21(32)33/h1-3,6,8H,4-5,7,9-16H2,(H,28,29)(H,30,31)(H,32,33)/b8-6-. The van der Waals surface area contributed by atoms with Crippen molar-refractivity contribution in [2.75, 3.05) is 58.9 Å². The summed E-state index contributed by atoms with van der Waals surface area (Å²) in [6, 6.07) is 4.52.